The van der Waals surface area contributed by atoms with Gasteiger partial charge in [0.2, 0.25) is 0 Å². The topological polar surface area (TPSA) is 64.0 Å². The zero-order chi connectivity index (χ0) is 22.5. The Labute approximate surface area is 188 Å². The number of hydrogen-bond donors (Lipinski definition) is 0. The van der Waals surface area contributed by atoms with Crippen LogP contribution < -0.4 is 14.4 Å². The highest BCUT2D eigenvalue weighted by atomic mass is 32.2. The molecule has 8 heteroatoms. The summed E-state index contributed by atoms with van der Waals surface area (Å²) >= 11 is 0. The summed E-state index contributed by atoms with van der Waals surface area (Å²) in [7, 11) is 1.85. The lowest BCUT2D eigenvalue weighted by atomic mass is 9.99. The van der Waals surface area contributed by atoms with Gasteiger partial charge in [-0.2, -0.15) is 0 Å². The predicted molar refractivity (Wildman–Crippen MR) is 126 cm³/mol. The van der Waals surface area contributed by atoms with Crippen LogP contribution in [0.4, 0.5) is 5.69 Å². The molecule has 0 radical (unpaired) electrons. The summed E-state index contributed by atoms with van der Waals surface area (Å²) in [5.41, 5.74) is 3.63. The maximum absolute atomic E-state index is 13.8. The average Bonchev–Trinajstić information content (AvgIpc) is 3.19. The Morgan fingerprint density at radius 3 is 2.66 bits per heavy atom. The van der Waals surface area contributed by atoms with Crippen LogP contribution in [0.25, 0.3) is 16.5 Å². The van der Waals surface area contributed by atoms with Gasteiger partial charge in [0.1, 0.15) is 18.1 Å². The molecule has 7 nitrogen and oxygen atoms in total. The molecule has 0 unspecified atom stereocenters. The molecule has 32 heavy (non-hydrogen) atoms. The van der Waals surface area contributed by atoms with Crippen LogP contribution in [0.5, 0.6) is 11.5 Å². The van der Waals surface area contributed by atoms with E-state index in [1.54, 1.807) is 31.5 Å². The van der Waals surface area contributed by atoms with Crippen LogP contribution >= 0.6 is 0 Å². The molecule has 3 aromatic rings. The number of likely N-dealkylation sites (N-methyl/N-ethyl adjacent to an activating group) is 2. The molecule has 2 aliphatic rings. The maximum atomic E-state index is 13.8. The van der Waals surface area contributed by atoms with Crippen LogP contribution in [0, 0.1) is 0 Å². The Morgan fingerprint density at radius 2 is 1.91 bits per heavy atom. The average molecular weight is 454 g/mol. The van der Waals surface area contributed by atoms with E-state index >= 15 is 0 Å². The standard InChI is InChI=1S/C24H27N3O4S/c1-25-10-8-17(9-11-25)21-16-27(22-6-4-18(30-3)14-20(21)22)32(28,29)19-5-7-23-24(15-19)31-13-12-26(23)2/h4-8,14-16H,9-13H2,1-3H3. The summed E-state index contributed by atoms with van der Waals surface area (Å²) in [6.45, 7) is 3.09. The summed E-state index contributed by atoms with van der Waals surface area (Å²) in [5, 5.41) is 0.873. The van der Waals surface area contributed by atoms with Gasteiger partial charge in [0.15, 0.2) is 0 Å². The van der Waals surface area contributed by atoms with Crippen molar-refractivity contribution >= 4 is 32.2 Å². The summed E-state index contributed by atoms with van der Waals surface area (Å²) < 4.78 is 40.1. The van der Waals surface area contributed by atoms with Crippen molar-refractivity contribution in [2.24, 2.45) is 0 Å². The van der Waals surface area contributed by atoms with Crippen molar-refractivity contribution in [3.63, 3.8) is 0 Å². The van der Waals surface area contributed by atoms with Gasteiger partial charge in [0.25, 0.3) is 10.0 Å². The number of aromatic nitrogens is 1. The number of benzene rings is 2. The third-order valence-corrected chi connectivity index (χ3v) is 7.99. The highest BCUT2D eigenvalue weighted by molar-refractivity contribution is 7.90. The van der Waals surface area contributed by atoms with Gasteiger partial charge >= 0.3 is 0 Å². The van der Waals surface area contributed by atoms with Gasteiger partial charge in [-0.1, -0.05) is 6.08 Å². The minimum Gasteiger partial charge on any atom is -0.497 e. The van der Waals surface area contributed by atoms with Gasteiger partial charge in [-0.05, 0) is 49.4 Å². The van der Waals surface area contributed by atoms with Crippen LogP contribution in [0.3, 0.4) is 0 Å². The Balaban J connectivity index is 1.67. The fourth-order valence-electron chi connectivity index (χ4n) is 4.39. The second kappa shape index (κ2) is 7.86. The number of anilines is 1. The molecule has 0 atom stereocenters. The molecular formula is C24H27N3O4S. The van der Waals surface area contributed by atoms with Crippen molar-refractivity contribution in [1.29, 1.82) is 0 Å². The Hall–Kier alpha value is -2.97. The predicted octanol–water partition coefficient (Wildman–Crippen LogP) is 3.43. The number of hydrogen-bond acceptors (Lipinski definition) is 6. The number of fused-ring (bicyclic) bond motifs is 2. The summed E-state index contributed by atoms with van der Waals surface area (Å²) in [6, 6.07) is 10.6. The van der Waals surface area contributed by atoms with Gasteiger partial charge in [0.05, 0.1) is 29.8 Å². The van der Waals surface area contributed by atoms with E-state index in [1.807, 2.05) is 25.2 Å². The highest BCUT2D eigenvalue weighted by Gasteiger charge is 2.26. The lowest BCUT2D eigenvalue weighted by Crippen LogP contribution is -2.29. The first kappa shape index (κ1) is 20.9. The lowest BCUT2D eigenvalue weighted by molar-refractivity contribution is 0.310. The SMILES string of the molecule is COc1ccc2c(c1)c(C1=CCN(C)CC1)cn2S(=O)(=O)c1ccc2c(c1)OCCN2C. The van der Waals surface area contributed by atoms with Crippen molar-refractivity contribution in [3.8, 4) is 11.5 Å². The van der Waals surface area contributed by atoms with Crippen molar-refractivity contribution in [2.45, 2.75) is 11.3 Å². The van der Waals surface area contributed by atoms with Crippen molar-refractivity contribution in [1.82, 2.24) is 8.87 Å². The van der Waals surface area contributed by atoms with Crippen molar-refractivity contribution in [3.05, 3.63) is 54.2 Å². The fourth-order valence-corrected chi connectivity index (χ4v) is 5.77. The molecule has 0 bridgehead atoms. The zero-order valence-corrected chi connectivity index (χ0v) is 19.4. The van der Waals surface area contributed by atoms with Gasteiger partial charge in [-0.15, -0.1) is 0 Å². The molecular weight excluding hydrogens is 426 g/mol. The summed E-state index contributed by atoms with van der Waals surface area (Å²) in [5.74, 6) is 1.30. The largest absolute Gasteiger partial charge is 0.497 e. The van der Waals surface area contributed by atoms with E-state index in [0.29, 0.717) is 23.6 Å². The smallest absolute Gasteiger partial charge is 0.268 e. The van der Waals surface area contributed by atoms with Crippen molar-refractivity contribution in [2.75, 3.05) is 52.3 Å². The molecule has 0 saturated carbocycles. The van der Waals surface area contributed by atoms with E-state index in [-0.39, 0.29) is 4.90 Å². The first-order valence-electron chi connectivity index (χ1n) is 10.7. The van der Waals surface area contributed by atoms with E-state index in [4.69, 9.17) is 9.47 Å². The van der Waals surface area contributed by atoms with Crippen LogP contribution in [0.1, 0.15) is 12.0 Å². The first-order valence-corrected chi connectivity index (χ1v) is 12.1. The van der Waals surface area contributed by atoms with E-state index in [2.05, 4.69) is 22.9 Å². The number of rotatable bonds is 4. The van der Waals surface area contributed by atoms with Crippen LogP contribution in [0.2, 0.25) is 0 Å². The molecule has 1 aromatic heterocycles. The molecule has 0 amide bonds. The third-order valence-electron chi connectivity index (χ3n) is 6.32. The number of ether oxygens (including phenoxy) is 2. The Kier molecular flexibility index (Phi) is 5.14. The van der Waals surface area contributed by atoms with Crippen LogP contribution in [-0.2, 0) is 10.0 Å². The van der Waals surface area contributed by atoms with E-state index in [9.17, 15) is 8.42 Å². The number of methoxy groups -OCH3 is 1. The van der Waals surface area contributed by atoms with Crippen LogP contribution in [-0.4, -0.2) is 64.7 Å². The van der Waals surface area contributed by atoms with Gasteiger partial charge < -0.3 is 19.3 Å². The summed E-state index contributed by atoms with van der Waals surface area (Å²) in [4.78, 5) is 4.52. The Bertz CT molecular complexity index is 1330. The minimum atomic E-state index is -3.83. The minimum absolute atomic E-state index is 0.211. The molecule has 2 aliphatic heterocycles. The highest BCUT2D eigenvalue weighted by Crippen LogP contribution is 2.37. The monoisotopic (exact) mass is 453 g/mol. The molecule has 0 spiro atoms. The first-order chi connectivity index (χ1) is 15.4. The fraction of sp³-hybridized carbons (Fsp3) is 0.333. The third kappa shape index (κ3) is 3.43. The molecule has 0 aliphatic carbocycles. The molecule has 5 rings (SSSR count). The molecule has 2 aromatic carbocycles. The van der Waals surface area contributed by atoms with Gasteiger partial charge in [-0.25, -0.2) is 12.4 Å². The Morgan fingerprint density at radius 1 is 1.06 bits per heavy atom. The second-order valence-corrected chi connectivity index (χ2v) is 10.2. The quantitative estimate of drug-likeness (QED) is 0.603. The van der Waals surface area contributed by atoms with E-state index in [0.717, 1.165) is 48.3 Å². The van der Waals surface area contributed by atoms with Crippen LogP contribution in [0.15, 0.2) is 53.6 Å². The molecule has 0 saturated heterocycles. The molecule has 0 N–H and O–H groups in total. The summed E-state index contributed by atoms with van der Waals surface area (Å²) in [6.07, 6.45) is 4.80. The van der Waals surface area contributed by atoms with Gasteiger partial charge in [-0.3, -0.25) is 0 Å². The van der Waals surface area contributed by atoms with E-state index < -0.39 is 10.0 Å². The van der Waals surface area contributed by atoms with Gasteiger partial charge in [0, 0.05) is 43.4 Å². The second-order valence-electron chi connectivity index (χ2n) is 8.37. The van der Waals surface area contributed by atoms with E-state index in [1.165, 1.54) is 3.97 Å². The van der Waals surface area contributed by atoms with Crippen molar-refractivity contribution < 1.29 is 17.9 Å². The molecule has 0 fully saturated rings. The molecule has 168 valence electrons. The maximum Gasteiger partial charge on any atom is 0.268 e. The normalized spacial score (nSPS) is 17.1. The number of nitrogens with zero attached hydrogens (tertiary/aromatic N) is 3. The zero-order valence-electron chi connectivity index (χ0n) is 18.5. The molecule has 3 heterocycles. The lowest BCUT2D eigenvalue weighted by Gasteiger charge is -2.27.